The van der Waals surface area contributed by atoms with E-state index in [0.29, 0.717) is 19.3 Å². The Morgan fingerprint density at radius 3 is 1.93 bits per heavy atom. The molecule has 27 heavy (non-hydrogen) atoms. The van der Waals surface area contributed by atoms with E-state index in [-0.39, 0.29) is 23.7 Å². The Balaban J connectivity index is 5.14. The molecule has 0 aromatic heterocycles. The monoisotopic (exact) mass is 386 g/mol. The van der Waals surface area contributed by atoms with E-state index in [2.05, 4.69) is 13.8 Å². The second-order valence-electron chi connectivity index (χ2n) is 9.07. The highest BCUT2D eigenvalue weighted by atomic mass is 16.5. The largest absolute Gasteiger partial charge is 0.481 e. The molecule has 0 aromatic carbocycles. The van der Waals surface area contributed by atoms with Crippen molar-refractivity contribution >= 4 is 17.9 Å². The number of carbonyl (C=O) groups is 3. The lowest BCUT2D eigenvalue weighted by Gasteiger charge is -2.35. The van der Waals surface area contributed by atoms with E-state index in [1.54, 1.807) is 13.8 Å². The van der Waals surface area contributed by atoms with Crippen LogP contribution in [0.15, 0.2) is 0 Å². The molecule has 0 aliphatic carbocycles. The summed E-state index contributed by atoms with van der Waals surface area (Å²) < 4.78 is 4.93. The van der Waals surface area contributed by atoms with Gasteiger partial charge in [-0.15, -0.1) is 0 Å². The van der Waals surface area contributed by atoms with Gasteiger partial charge in [-0.3, -0.25) is 14.4 Å². The standard InChI is InChI=1S/C21H38O6/c1-8-9-16(18(24)25)14(2)12-20(4,5)10-11-21(6,19(26)27-7)13-15(3)17(22)23/h14-16H,8-13H2,1-7H3,(H,22,23)(H,24,25). The van der Waals surface area contributed by atoms with Crippen molar-refractivity contribution in [1.29, 1.82) is 0 Å². The molecular weight excluding hydrogens is 348 g/mol. The quantitative estimate of drug-likeness (QED) is 0.448. The van der Waals surface area contributed by atoms with Gasteiger partial charge in [0.25, 0.3) is 0 Å². The van der Waals surface area contributed by atoms with Gasteiger partial charge < -0.3 is 14.9 Å². The Hall–Kier alpha value is -1.59. The Bertz CT molecular complexity index is 513. The van der Waals surface area contributed by atoms with Crippen LogP contribution in [0.2, 0.25) is 0 Å². The first-order valence-electron chi connectivity index (χ1n) is 9.83. The Morgan fingerprint density at radius 2 is 1.52 bits per heavy atom. The first kappa shape index (κ1) is 25.4. The summed E-state index contributed by atoms with van der Waals surface area (Å²) in [6.07, 6.45) is 3.62. The maximum atomic E-state index is 12.3. The number of rotatable bonds is 13. The Labute approximate surface area is 163 Å². The molecule has 0 aliphatic heterocycles. The number of carboxylic acid groups (broad SMARTS) is 2. The molecule has 4 unspecified atom stereocenters. The van der Waals surface area contributed by atoms with E-state index >= 15 is 0 Å². The van der Waals surface area contributed by atoms with Gasteiger partial charge in [0.2, 0.25) is 0 Å². The summed E-state index contributed by atoms with van der Waals surface area (Å²) in [6.45, 7) is 11.5. The predicted octanol–water partition coefficient (Wildman–Crippen LogP) is 4.61. The van der Waals surface area contributed by atoms with Crippen LogP contribution in [-0.2, 0) is 19.1 Å². The van der Waals surface area contributed by atoms with Gasteiger partial charge in [0.1, 0.15) is 0 Å². The van der Waals surface area contributed by atoms with E-state index in [4.69, 9.17) is 4.74 Å². The second-order valence-corrected chi connectivity index (χ2v) is 9.07. The van der Waals surface area contributed by atoms with Crippen molar-refractivity contribution in [2.75, 3.05) is 7.11 Å². The first-order valence-corrected chi connectivity index (χ1v) is 9.83. The molecule has 6 nitrogen and oxygen atoms in total. The van der Waals surface area contributed by atoms with Gasteiger partial charge in [-0.1, -0.05) is 41.0 Å². The summed E-state index contributed by atoms with van der Waals surface area (Å²) in [5.74, 6) is -3.06. The highest BCUT2D eigenvalue weighted by molar-refractivity contribution is 5.78. The Kier molecular flexibility index (Phi) is 10.0. The maximum absolute atomic E-state index is 12.3. The molecule has 4 atom stereocenters. The van der Waals surface area contributed by atoms with Crippen LogP contribution in [0.1, 0.15) is 80.1 Å². The number of hydrogen-bond donors (Lipinski definition) is 2. The lowest BCUT2D eigenvalue weighted by molar-refractivity contribution is -0.155. The summed E-state index contributed by atoms with van der Waals surface area (Å²) in [5.41, 5.74) is -1.04. The van der Waals surface area contributed by atoms with Crippen molar-refractivity contribution in [2.45, 2.75) is 80.1 Å². The molecule has 0 saturated heterocycles. The van der Waals surface area contributed by atoms with Crippen LogP contribution < -0.4 is 0 Å². The molecule has 0 rings (SSSR count). The predicted molar refractivity (Wildman–Crippen MR) is 104 cm³/mol. The van der Waals surface area contributed by atoms with Gasteiger partial charge in [0.05, 0.1) is 24.4 Å². The SMILES string of the molecule is CCCC(C(=O)O)C(C)CC(C)(C)CCC(C)(CC(C)C(=O)O)C(=O)OC. The van der Waals surface area contributed by atoms with Gasteiger partial charge >= 0.3 is 17.9 Å². The topological polar surface area (TPSA) is 101 Å². The van der Waals surface area contributed by atoms with Crippen molar-refractivity contribution in [3.05, 3.63) is 0 Å². The summed E-state index contributed by atoms with van der Waals surface area (Å²) in [4.78, 5) is 35.1. The zero-order valence-corrected chi connectivity index (χ0v) is 18.0. The van der Waals surface area contributed by atoms with Crippen LogP contribution in [0.25, 0.3) is 0 Å². The average molecular weight is 387 g/mol. The van der Waals surface area contributed by atoms with Crippen molar-refractivity contribution < 1.29 is 29.3 Å². The van der Waals surface area contributed by atoms with E-state index in [1.165, 1.54) is 7.11 Å². The van der Waals surface area contributed by atoms with E-state index < -0.39 is 29.2 Å². The van der Waals surface area contributed by atoms with E-state index in [1.807, 2.05) is 13.8 Å². The highest BCUT2D eigenvalue weighted by Crippen LogP contribution is 2.41. The number of esters is 1. The van der Waals surface area contributed by atoms with Crippen LogP contribution in [0.3, 0.4) is 0 Å². The molecular formula is C21H38O6. The molecule has 0 bridgehead atoms. The third-order valence-corrected chi connectivity index (χ3v) is 5.69. The minimum atomic E-state index is -0.929. The number of hydrogen-bond acceptors (Lipinski definition) is 4. The van der Waals surface area contributed by atoms with Crippen molar-refractivity contribution in [1.82, 2.24) is 0 Å². The van der Waals surface area contributed by atoms with Crippen LogP contribution in [0, 0.1) is 28.6 Å². The molecule has 0 heterocycles. The van der Waals surface area contributed by atoms with E-state index in [9.17, 15) is 24.6 Å². The van der Waals surface area contributed by atoms with Gasteiger partial charge in [-0.2, -0.15) is 0 Å². The van der Waals surface area contributed by atoms with Crippen LogP contribution in [-0.4, -0.2) is 35.2 Å². The smallest absolute Gasteiger partial charge is 0.311 e. The number of carbonyl (C=O) groups excluding carboxylic acids is 1. The maximum Gasteiger partial charge on any atom is 0.311 e. The fraction of sp³-hybridized carbons (Fsp3) is 0.857. The zero-order valence-electron chi connectivity index (χ0n) is 18.0. The first-order chi connectivity index (χ1) is 12.3. The third-order valence-electron chi connectivity index (χ3n) is 5.69. The van der Waals surface area contributed by atoms with Gasteiger partial charge in [0.15, 0.2) is 0 Å². The minimum Gasteiger partial charge on any atom is -0.481 e. The third kappa shape index (κ3) is 8.31. The normalized spacial score (nSPS) is 17.4. The summed E-state index contributed by atoms with van der Waals surface area (Å²) in [7, 11) is 1.32. The molecule has 0 amide bonds. The minimum absolute atomic E-state index is 0.0276. The summed E-state index contributed by atoms with van der Waals surface area (Å²) in [6, 6.07) is 0. The number of aliphatic carboxylic acids is 2. The van der Waals surface area contributed by atoms with Gasteiger partial charge in [-0.05, 0) is 50.4 Å². The fourth-order valence-electron chi connectivity index (χ4n) is 3.99. The van der Waals surface area contributed by atoms with Gasteiger partial charge in [0, 0.05) is 0 Å². The van der Waals surface area contributed by atoms with Crippen molar-refractivity contribution in [3.8, 4) is 0 Å². The Morgan fingerprint density at radius 1 is 0.963 bits per heavy atom. The molecule has 0 radical (unpaired) electrons. The van der Waals surface area contributed by atoms with Crippen molar-refractivity contribution in [3.63, 3.8) is 0 Å². The number of carboxylic acids is 2. The molecule has 0 spiro atoms. The van der Waals surface area contributed by atoms with Crippen molar-refractivity contribution in [2.24, 2.45) is 28.6 Å². The fourth-order valence-corrected chi connectivity index (χ4v) is 3.99. The lowest BCUT2D eigenvalue weighted by Crippen LogP contribution is -2.35. The average Bonchev–Trinajstić information content (AvgIpc) is 2.56. The molecule has 6 heteroatoms. The zero-order chi connectivity index (χ0) is 21.4. The second kappa shape index (κ2) is 10.7. The molecule has 0 saturated carbocycles. The molecule has 0 fully saturated rings. The van der Waals surface area contributed by atoms with Crippen LogP contribution in [0.4, 0.5) is 0 Å². The highest BCUT2D eigenvalue weighted by Gasteiger charge is 2.39. The molecule has 2 N–H and O–H groups in total. The molecule has 0 aromatic rings. The lowest BCUT2D eigenvalue weighted by atomic mass is 9.70. The summed E-state index contributed by atoms with van der Waals surface area (Å²) in [5, 5.41) is 18.7. The van der Waals surface area contributed by atoms with E-state index in [0.717, 1.165) is 12.8 Å². The van der Waals surface area contributed by atoms with Crippen LogP contribution in [0.5, 0.6) is 0 Å². The number of ether oxygens (including phenoxy) is 1. The number of methoxy groups -OCH3 is 1. The van der Waals surface area contributed by atoms with Crippen LogP contribution >= 0.6 is 0 Å². The summed E-state index contributed by atoms with van der Waals surface area (Å²) >= 11 is 0. The van der Waals surface area contributed by atoms with Gasteiger partial charge in [-0.25, -0.2) is 0 Å². The molecule has 158 valence electrons. The molecule has 0 aliphatic rings.